The summed E-state index contributed by atoms with van der Waals surface area (Å²) < 4.78 is 0. The molecule has 98 valence electrons. The van der Waals surface area contributed by atoms with Crippen LogP contribution >= 0.6 is 0 Å². The Morgan fingerprint density at radius 3 is 1.07 bits per heavy atom. The van der Waals surface area contributed by atoms with Crippen molar-refractivity contribution in [1.29, 1.82) is 0 Å². The Labute approximate surface area is 93.1 Å². The predicted molar refractivity (Wildman–Crippen MR) is 70.2 cm³/mol. The van der Waals surface area contributed by atoms with Crippen molar-refractivity contribution in [2.45, 2.75) is 58.4 Å². The normalized spacial score (nSPS) is 2.71. The maximum absolute atomic E-state index is 9.00. The summed E-state index contributed by atoms with van der Waals surface area (Å²) in [7, 11) is 0. The van der Waals surface area contributed by atoms with Crippen LogP contribution in [0.2, 0.25) is 0 Å². The van der Waals surface area contributed by atoms with Gasteiger partial charge in [-0.3, -0.25) is 4.79 Å². The molecule has 0 saturated carbocycles. The molecule has 0 aliphatic heterocycles. The molecule has 14 heavy (non-hydrogen) atoms. The van der Waals surface area contributed by atoms with Crippen LogP contribution in [0.1, 0.15) is 59.8 Å². The number of hydrogen-bond acceptors (Lipinski definition) is 2. The van der Waals surface area contributed by atoms with Crippen LogP contribution in [-0.4, -0.2) is 22.8 Å². The zero-order valence-corrected chi connectivity index (χ0v) is 4.84. The van der Waals surface area contributed by atoms with Gasteiger partial charge < -0.3 is 15.4 Å². The lowest BCUT2D eigenvalue weighted by atomic mass is 10.9. The molecule has 0 aliphatic carbocycles. The van der Waals surface area contributed by atoms with Gasteiger partial charge in [-0.15, -0.1) is 0 Å². The number of aliphatic carboxylic acids is 1. The van der Waals surface area contributed by atoms with E-state index in [1.807, 2.05) is 0 Å². The molecule has 0 aliphatic rings. The lowest BCUT2D eigenvalue weighted by Crippen LogP contribution is -1.78. The van der Waals surface area contributed by atoms with E-state index in [1.165, 1.54) is 6.92 Å². The largest absolute Gasteiger partial charge is 1.00 e. The van der Waals surface area contributed by atoms with Gasteiger partial charge in [0.15, 0.2) is 0 Å². The molecule has 0 bridgehead atoms. The van der Waals surface area contributed by atoms with Crippen molar-refractivity contribution in [3.63, 3.8) is 0 Å². The molecule has 4 nitrogen and oxygen atoms in total. The van der Waals surface area contributed by atoms with Crippen molar-refractivity contribution in [2.75, 3.05) is 0 Å². The maximum atomic E-state index is 9.00. The molecule has 0 unspecified atom stereocenters. The number of carbonyl (C=O) groups is 2. The smallest absolute Gasteiger partial charge is 0.481 e. The summed E-state index contributed by atoms with van der Waals surface area (Å²) >= 11 is 0. The van der Waals surface area contributed by atoms with Gasteiger partial charge in [-0.2, -0.15) is 0 Å². The van der Waals surface area contributed by atoms with Crippen LogP contribution in [0, 0.1) is 0 Å². The highest BCUT2D eigenvalue weighted by Crippen LogP contribution is 1.42. The summed E-state index contributed by atoms with van der Waals surface area (Å²) in [6, 6.07) is 0. The number of carboxylic acids is 1. The van der Waals surface area contributed by atoms with Gasteiger partial charge in [0.2, 0.25) is 0 Å². The number of carboxylic acid groups (broad SMARTS) is 1. The van der Waals surface area contributed by atoms with E-state index < -0.39 is 5.97 Å². The fourth-order valence-corrected chi connectivity index (χ4v) is 0. The number of carbonyl (C=O) groups excluding carboxylic acids is 1. The summed E-state index contributed by atoms with van der Waals surface area (Å²) in [6.07, 6.45) is 0.750. The minimum Gasteiger partial charge on any atom is -0.481 e. The van der Waals surface area contributed by atoms with Crippen molar-refractivity contribution in [3.05, 3.63) is 0 Å². The van der Waals surface area contributed by atoms with Crippen molar-refractivity contribution in [2.24, 2.45) is 0 Å². The number of rotatable bonds is 0. The Morgan fingerprint density at radius 1 is 1.07 bits per heavy atom. The average molecular weight is 219 g/mol. The van der Waals surface area contributed by atoms with E-state index in [-0.39, 0.29) is 51.5 Å². The van der Waals surface area contributed by atoms with Crippen molar-refractivity contribution in [3.8, 4) is 0 Å². The minimum atomic E-state index is -0.833. The fourth-order valence-electron chi connectivity index (χ4n) is 0. The molecule has 0 fully saturated rings. The van der Waals surface area contributed by atoms with Crippen LogP contribution < -0.4 is 0 Å². The molecule has 0 heterocycles. The maximum Gasteiger partial charge on any atom is 1.00 e. The third-order valence-corrected chi connectivity index (χ3v) is 0. The highest BCUT2D eigenvalue weighted by Gasteiger charge is 1.65. The lowest BCUT2D eigenvalue weighted by molar-refractivity contribution is -0.134. The molecule has 0 aromatic heterocycles. The molecule has 0 rings (SSSR count). The van der Waals surface area contributed by atoms with Crippen LogP contribution in [0.5, 0.6) is 0 Å². The molecule has 0 saturated heterocycles. The van der Waals surface area contributed by atoms with Crippen LogP contribution in [0.4, 0.5) is 0 Å². The Balaban J connectivity index is -0.00000000275. The second-order valence-corrected chi connectivity index (χ2v) is 0.755. The monoisotopic (exact) mass is 219 g/mol. The number of hydrogen-bond donors (Lipinski definition) is 1. The molecule has 0 amide bonds. The van der Waals surface area contributed by atoms with Crippen LogP contribution in [0.3, 0.4) is 0 Å². The summed E-state index contributed by atoms with van der Waals surface area (Å²) in [5.41, 5.74) is 0. The summed E-state index contributed by atoms with van der Waals surface area (Å²) in [4.78, 5) is 17.8. The van der Waals surface area contributed by atoms with E-state index in [1.54, 1.807) is 0 Å². The predicted octanol–water partition coefficient (Wildman–Crippen LogP) is 3.40. The van der Waals surface area contributed by atoms with Gasteiger partial charge in [-0.25, -0.2) is 0 Å². The van der Waals surface area contributed by atoms with Gasteiger partial charge in [0.25, 0.3) is 5.97 Å². The Bertz CT molecular complexity index is 64.4. The summed E-state index contributed by atoms with van der Waals surface area (Å²) in [5.74, 6) is -0.833. The topological polar surface area (TPSA) is 85.9 Å². The molecule has 0 aromatic carbocycles. The first kappa shape index (κ1) is 114. The van der Waals surface area contributed by atoms with E-state index in [0.717, 1.165) is 13.2 Å². The highest BCUT2D eigenvalue weighted by molar-refractivity contribution is 5.62. The standard InChI is InChI=1S/C2H4O2.C2H4O.6CH4.H2O/c1-2(3)4;1-2-3;;;;;;;/h1H3,(H,3,4);2H,1H3;6*1H4;1H2/p+1. The molecule has 0 aromatic rings. The van der Waals surface area contributed by atoms with Crippen molar-refractivity contribution >= 4 is 12.3 Å². The fraction of sp³-hybridized carbons (Fsp3) is 0.800. The molecule has 4 heteroatoms. The molecule has 3 N–H and O–H groups in total. The second-order valence-electron chi connectivity index (χ2n) is 0.755. The molecular weight excluding hydrogens is 184 g/mol. The van der Waals surface area contributed by atoms with E-state index in [4.69, 9.17) is 14.7 Å². The third-order valence-electron chi connectivity index (χ3n) is 0. The molecular formula is C10H35O4+. The van der Waals surface area contributed by atoms with Crippen molar-refractivity contribution in [1.82, 2.24) is 0 Å². The molecule has 0 spiro atoms. The van der Waals surface area contributed by atoms with Gasteiger partial charge in [0.1, 0.15) is 6.29 Å². The van der Waals surface area contributed by atoms with Crippen molar-refractivity contribution < 1.29 is 21.6 Å². The Hall–Kier alpha value is -0.900. The van der Waals surface area contributed by atoms with Crippen LogP contribution in [0.25, 0.3) is 0 Å². The van der Waals surface area contributed by atoms with Gasteiger partial charge in [0.05, 0.1) is 0 Å². The minimum absolute atomic E-state index is 0. The lowest BCUT2D eigenvalue weighted by Gasteiger charge is -1.59. The Morgan fingerprint density at radius 2 is 1.07 bits per heavy atom. The zero-order chi connectivity index (χ0) is 6.28. The SMILES string of the molecule is C.C.C.C.C.C.CC(=O)O.CC=O.O.[H+]. The highest BCUT2D eigenvalue weighted by atomic mass is 16.4. The van der Waals surface area contributed by atoms with Gasteiger partial charge >= 0.3 is 1.43 Å². The van der Waals surface area contributed by atoms with Crippen LogP contribution in [0.15, 0.2) is 0 Å². The van der Waals surface area contributed by atoms with Gasteiger partial charge in [0, 0.05) is 6.92 Å². The van der Waals surface area contributed by atoms with Gasteiger partial charge in [-0.1, -0.05) is 44.6 Å². The van der Waals surface area contributed by atoms with E-state index in [9.17, 15) is 0 Å². The summed E-state index contributed by atoms with van der Waals surface area (Å²) in [6.45, 7) is 2.53. The molecule has 0 atom stereocenters. The van der Waals surface area contributed by atoms with E-state index in [0.29, 0.717) is 0 Å². The third kappa shape index (κ3) is 1400. The first-order chi connectivity index (χ1) is 3.15. The first-order valence-corrected chi connectivity index (χ1v) is 1.74. The van der Waals surface area contributed by atoms with E-state index >= 15 is 0 Å². The zero-order valence-electron chi connectivity index (χ0n) is 5.84. The first-order valence-electron chi connectivity index (χ1n) is 1.74. The number of aldehydes is 1. The Kier molecular flexibility index (Phi) is 1260. The van der Waals surface area contributed by atoms with Gasteiger partial charge in [-0.05, 0) is 6.92 Å². The second kappa shape index (κ2) is 155. The summed E-state index contributed by atoms with van der Waals surface area (Å²) in [5, 5.41) is 7.42. The van der Waals surface area contributed by atoms with E-state index in [2.05, 4.69) is 0 Å². The quantitative estimate of drug-likeness (QED) is 0.633. The van der Waals surface area contributed by atoms with Crippen LogP contribution in [-0.2, 0) is 9.59 Å². The molecule has 0 radical (unpaired) electrons. The average Bonchev–Trinajstić information content (AvgIpc) is 1.33.